The Morgan fingerprint density at radius 3 is 0.519 bits per heavy atom. The van der Waals surface area contributed by atoms with E-state index in [1.807, 2.05) is 0 Å². The van der Waals surface area contributed by atoms with E-state index in [2.05, 4.69) is 0 Å². The topological polar surface area (TPSA) is 484 Å². The van der Waals surface area contributed by atoms with Gasteiger partial charge in [-0.1, -0.05) is 32.1 Å². The minimum atomic E-state index is -0.933. The van der Waals surface area contributed by atoms with Crippen LogP contribution in [-0.2, 0) is 28.8 Å². The molecule has 0 heterocycles. The molecular formula is C32H74N10O12. The molecule has 0 rings (SSSR count). The number of nitrogens with two attached hydrogens (primary N) is 10. The molecule has 22 heteroatoms. The van der Waals surface area contributed by atoms with E-state index in [-0.39, 0.29) is 0 Å². The molecule has 0 fully saturated rings. The van der Waals surface area contributed by atoms with E-state index in [1.165, 1.54) is 0 Å². The van der Waals surface area contributed by atoms with Crippen LogP contribution in [0.5, 0.6) is 0 Å². The molecule has 26 N–H and O–H groups in total. The zero-order valence-electron chi connectivity index (χ0n) is 31.9. The van der Waals surface area contributed by atoms with Crippen LogP contribution in [0.1, 0.15) is 103 Å². The normalized spacial score (nSPS) is 12.5. The van der Waals surface area contributed by atoms with Crippen molar-refractivity contribution >= 4 is 35.8 Å². The third-order valence-corrected chi connectivity index (χ3v) is 6.43. The minimum Gasteiger partial charge on any atom is -0.481 e. The second-order valence-electron chi connectivity index (χ2n) is 11.7. The first-order valence-corrected chi connectivity index (χ1v) is 17.8. The summed E-state index contributed by atoms with van der Waals surface area (Å²) in [5.41, 5.74) is 52.1. The van der Waals surface area contributed by atoms with Crippen LogP contribution in [0.15, 0.2) is 0 Å². The van der Waals surface area contributed by atoms with Crippen molar-refractivity contribution < 1.29 is 59.4 Å². The number of hydrogen-bond acceptors (Lipinski definition) is 16. The Morgan fingerprint density at radius 2 is 0.444 bits per heavy atom. The van der Waals surface area contributed by atoms with Crippen LogP contribution in [0.3, 0.4) is 0 Å². The number of rotatable bonds is 25. The molecule has 0 spiro atoms. The number of unbranched alkanes of at least 4 members (excludes halogenated alkanes) is 5. The molecule has 54 heavy (non-hydrogen) atoms. The van der Waals surface area contributed by atoms with E-state index in [1.54, 1.807) is 0 Å². The monoisotopic (exact) mass is 791 g/mol. The lowest BCUT2D eigenvalue weighted by atomic mass is 10.1. The molecule has 0 saturated carbocycles. The van der Waals surface area contributed by atoms with Gasteiger partial charge in [0.2, 0.25) is 0 Å². The second kappa shape index (κ2) is 47.4. The largest absolute Gasteiger partial charge is 0.481 e. The van der Waals surface area contributed by atoms with Gasteiger partial charge in [0.25, 0.3) is 5.97 Å². The molecule has 0 radical (unpaired) electrons. The summed E-state index contributed by atoms with van der Waals surface area (Å²) < 4.78 is 0. The molecule has 0 saturated heterocycles. The Kier molecular flexibility index (Phi) is 54.8. The van der Waals surface area contributed by atoms with Gasteiger partial charge in [0.15, 0.2) is 0 Å². The Morgan fingerprint density at radius 1 is 0.333 bits per heavy atom. The molecule has 0 bridgehead atoms. The molecule has 0 aromatic rings. The molecule has 0 aliphatic rings. The summed E-state index contributed by atoms with van der Waals surface area (Å²) in [7, 11) is 0. The standard InChI is InChI=1S/5C6H14N2O2.C2H4O2/c5*7-4-2-1-3-5(8)6(9)10;1-2(3)4/h5*5H,1-4,7-8H2,(H,9,10);1H3,(H,3,4)/t5*5-;/m00000./s1. The molecule has 0 aromatic carbocycles. The summed E-state index contributed by atoms with van der Waals surface area (Å²) in [6.45, 7) is 4.10. The summed E-state index contributed by atoms with van der Waals surface area (Å²) in [6.07, 6.45) is 10.8. The predicted octanol–water partition coefficient (Wildman–Crippen LogP) is -2.27. The van der Waals surface area contributed by atoms with Gasteiger partial charge in [-0.15, -0.1) is 0 Å². The van der Waals surface area contributed by atoms with Gasteiger partial charge in [-0.2, -0.15) is 0 Å². The molecule has 5 atom stereocenters. The van der Waals surface area contributed by atoms with Gasteiger partial charge in [-0.05, 0) is 96.9 Å². The Labute approximate surface area is 318 Å². The molecular weight excluding hydrogens is 716 g/mol. The van der Waals surface area contributed by atoms with Crippen molar-refractivity contribution in [3.63, 3.8) is 0 Å². The summed E-state index contributed by atoms with van der Waals surface area (Å²) in [4.78, 5) is 59.7. The van der Waals surface area contributed by atoms with Crippen molar-refractivity contribution in [3.8, 4) is 0 Å². The smallest absolute Gasteiger partial charge is 0.320 e. The van der Waals surface area contributed by atoms with Gasteiger partial charge >= 0.3 is 29.8 Å². The van der Waals surface area contributed by atoms with Gasteiger partial charge in [-0.3, -0.25) is 28.8 Å². The van der Waals surface area contributed by atoms with E-state index in [4.69, 9.17) is 92.8 Å². The molecule has 0 aliphatic carbocycles. The van der Waals surface area contributed by atoms with Crippen LogP contribution in [0.4, 0.5) is 0 Å². The Bertz CT molecular complexity index is 769. The highest BCUT2D eigenvalue weighted by molar-refractivity contribution is 5.74. The van der Waals surface area contributed by atoms with E-state index >= 15 is 0 Å². The van der Waals surface area contributed by atoms with Gasteiger partial charge in [0.1, 0.15) is 30.2 Å². The fourth-order valence-electron chi connectivity index (χ4n) is 3.16. The first-order chi connectivity index (χ1) is 25.1. The number of carboxylic acid groups (broad SMARTS) is 6. The molecule has 22 nitrogen and oxygen atoms in total. The fraction of sp³-hybridized carbons (Fsp3) is 0.812. The predicted molar refractivity (Wildman–Crippen MR) is 206 cm³/mol. The number of carbonyl (C=O) groups is 6. The van der Waals surface area contributed by atoms with Crippen molar-refractivity contribution in [2.75, 3.05) is 32.7 Å². The summed E-state index contributed by atoms with van der Waals surface area (Å²) in [5.74, 6) is -5.50. The summed E-state index contributed by atoms with van der Waals surface area (Å²) >= 11 is 0. The van der Waals surface area contributed by atoms with Crippen LogP contribution in [0.2, 0.25) is 0 Å². The lowest BCUT2D eigenvalue weighted by Crippen LogP contribution is -2.29. The van der Waals surface area contributed by atoms with Crippen molar-refractivity contribution in [3.05, 3.63) is 0 Å². The maximum atomic E-state index is 10.1. The van der Waals surface area contributed by atoms with Crippen molar-refractivity contribution in [1.82, 2.24) is 0 Å². The van der Waals surface area contributed by atoms with Crippen molar-refractivity contribution in [2.45, 2.75) is 133 Å². The highest BCUT2D eigenvalue weighted by Crippen LogP contribution is 1.99. The van der Waals surface area contributed by atoms with Crippen LogP contribution >= 0.6 is 0 Å². The zero-order valence-corrected chi connectivity index (χ0v) is 31.9. The van der Waals surface area contributed by atoms with Gasteiger partial charge in [0.05, 0.1) is 0 Å². The van der Waals surface area contributed by atoms with Crippen molar-refractivity contribution in [2.24, 2.45) is 57.3 Å². The molecule has 0 amide bonds. The van der Waals surface area contributed by atoms with Crippen molar-refractivity contribution in [1.29, 1.82) is 0 Å². The van der Waals surface area contributed by atoms with E-state index in [9.17, 15) is 24.0 Å². The van der Waals surface area contributed by atoms with Crippen LogP contribution in [0.25, 0.3) is 0 Å². The molecule has 0 aliphatic heterocycles. The van der Waals surface area contributed by atoms with E-state index in [0.717, 1.165) is 71.1 Å². The van der Waals surface area contributed by atoms with Crippen LogP contribution in [0, 0.1) is 0 Å². The number of carboxylic acids is 6. The molecule has 324 valence electrons. The third kappa shape index (κ3) is 63.5. The van der Waals surface area contributed by atoms with E-state index in [0.29, 0.717) is 64.8 Å². The maximum absolute atomic E-state index is 10.1. The van der Waals surface area contributed by atoms with Crippen LogP contribution < -0.4 is 57.3 Å². The average molecular weight is 791 g/mol. The fourth-order valence-corrected chi connectivity index (χ4v) is 3.16. The Hall–Kier alpha value is -3.58. The first kappa shape index (κ1) is 62.4. The van der Waals surface area contributed by atoms with Crippen LogP contribution in [-0.4, -0.2) is 129 Å². The SMILES string of the molecule is CC(=O)O.NCCCC[C@H](N)C(=O)O.NCCCC[C@H](N)C(=O)O.NCCCC[C@H](N)C(=O)O.NCCCC[C@H](N)C(=O)O.NCCCC[C@H](N)C(=O)O. The van der Waals surface area contributed by atoms with E-state index < -0.39 is 66.0 Å². The lowest BCUT2D eigenvalue weighted by Gasteiger charge is -2.03. The highest BCUT2D eigenvalue weighted by atomic mass is 16.4. The Balaban J connectivity index is -0.000000130. The summed E-state index contributed by atoms with van der Waals surface area (Å²) in [6, 6.07) is -3.58. The maximum Gasteiger partial charge on any atom is 0.320 e. The van der Waals surface area contributed by atoms with Gasteiger partial charge in [0, 0.05) is 6.92 Å². The third-order valence-electron chi connectivity index (χ3n) is 6.43. The molecule has 0 unspecified atom stereocenters. The number of aliphatic carboxylic acids is 6. The van der Waals surface area contributed by atoms with Gasteiger partial charge < -0.3 is 88.0 Å². The average Bonchev–Trinajstić information content (AvgIpc) is 3.09. The number of hydrogen-bond donors (Lipinski definition) is 16. The first-order valence-electron chi connectivity index (χ1n) is 17.8. The zero-order chi connectivity index (χ0) is 43.5. The summed E-state index contributed by atoms with van der Waals surface area (Å²) in [5, 5.41) is 49.0. The minimum absolute atomic E-state index is 0.520. The van der Waals surface area contributed by atoms with Gasteiger partial charge in [-0.25, -0.2) is 0 Å². The quantitative estimate of drug-likeness (QED) is 0.0433. The lowest BCUT2D eigenvalue weighted by molar-refractivity contribution is -0.139. The second-order valence-corrected chi connectivity index (χ2v) is 11.7. The highest BCUT2D eigenvalue weighted by Gasteiger charge is 2.12. The molecule has 0 aromatic heterocycles.